The zero-order chi connectivity index (χ0) is 5.82. The molecular weight excluding hydrogens is 159 g/mol. The summed E-state index contributed by atoms with van der Waals surface area (Å²) in [7, 11) is 0. The summed E-state index contributed by atoms with van der Waals surface area (Å²) in [5, 5.41) is 1.20. The molecule has 0 spiro atoms. The Labute approximate surface area is 58.4 Å². The summed E-state index contributed by atoms with van der Waals surface area (Å²) in [5.74, 6) is 0. The van der Waals surface area contributed by atoms with Gasteiger partial charge in [-0.25, -0.2) is 0 Å². The Hall–Kier alpha value is -0.222. The third-order valence-electron chi connectivity index (χ3n) is 1.08. The molecule has 1 aromatic carbocycles. The van der Waals surface area contributed by atoms with Crippen LogP contribution in [0.1, 0.15) is 5.56 Å². The average molecular weight is 168 g/mol. The summed E-state index contributed by atoms with van der Waals surface area (Å²) in [4.78, 5) is 0. The van der Waals surface area contributed by atoms with E-state index >= 15 is 0 Å². The van der Waals surface area contributed by atoms with Gasteiger partial charge in [-0.3, -0.25) is 0 Å². The predicted molar refractivity (Wildman–Crippen MR) is 38.7 cm³/mol. The average Bonchev–Trinajstić information content (AvgIpc) is 1.90. The van der Waals surface area contributed by atoms with Crippen molar-refractivity contribution >= 4 is 16.9 Å². The van der Waals surface area contributed by atoms with Crippen molar-refractivity contribution in [1.82, 2.24) is 0 Å². The van der Waals surface area contributed by atoms with Crippen molar-refractivity contribution in [1.29, 1.82) is 0 Å². The molecule has 0 saturated carbocycles. The van der Waals surface area contributed by atoms with Gasteiger partial charge >= 0.3 is 58.0 Å². The Morgan fingerprint density at radius 3 is 2.12 bits per heavy atom. The Morgan fingerprint density at radius 2 is 1.75 bits per heavy atom. The van der Waals surface area contributed by atoms with Gasteiger partial charge in [0.25, 0.3) is 0 Å². The van der Waals surface area contributed by atoms with Crippen molar-refractivity contribution in [3.05, 3.63) is 35.9 Å². The zero-order valence-electron chi connectivity index (χ0n) is 4.67. The van der Waals surface area contributed by atoms with Crippen LogP contribution in [-0.4, -0.2) is 16.9 Å². The van der Waals surface area contributed by atoms with Gasteiger partial charge in [-0.2, -0.15) is 0 Å². The quantitative estimate of drug-likeness (QED) is 0.544. The molecule has 1 heteroatoms. The second-order valence-electron chi connectivity index (χ2n) is 1.69. The summed E-state index contributed by atoms with van der Waals surface area (Å²) in [6.07, 6.45) is 0. The molecule has 1 atom stereocenters. The molecule has 0 amide bonds. The van der Waals surface area contributed by atoms with E-state index in [-0.39, 0.29) is 0 Å². The number of benzene rings is 1. The zero-order valence-corrected chi connectivity index (χ0v) is 7.09. The van der Waals surface area contributed by atoms with Crippen LogP contribution < -0.4 is 0 Å². The maximum atomic E-state index is 2.15. The van der Waals surface area contributed by atoms with Gasteiger partial charge in [-0.15, -0.1) is 0 Å². The molecule has 1 aromatic rings. The number of hydrogen-bond donors (Lipinski definition) is 0. The first-order chi connectivity index (χ1) is 3.93. The van der Waals surface area contributed by atoms with Crippen molar-refractivity contribution in [3.63, 3.8) is 0 Å². The van der Waals surface area contributed by atoms with Gasteiger partial charge in [0.1, 0.15) is 0 Å². The van der Waals surface area contributed by atoms with Crippen molar-refractivity contribution in [2.24, 2.45) is 0 Å². The SMILES string of the molecule is [AsH2]Cc1ccccc1. The van der Waals surface area contributed by atoms with Crippen molar-refractivity contribution in [2.45, 2.75) is 5.21 Å². The van der Waals surface area contributed by atoms with Gasteiger partial charge in [-0.1, -0.05) is 0 Å². The Kier molecular flexibility index (Phi) is 2.17. The van der Waals surface area contributed by atoms with Crippen LogP contribution in [0.25, 0.3) is 0 Å². The topological polar surface area (TPSA) is 0 Å². The van der Waals surface area contributed by atoms with Gasteiger partial charge < -0.3 is 0 Å². The molecule has 0 aliphatic rings. The first kappa shape index (κ1) is 5.91. The molecule has 0 N–H and O–H groups in total. The van der Waals surface area contributed by atoms with Gasteiger partial charge in [0.15, 0.2) is 0 Å². The van der Waals surface area contributed by atoms with Crippen LogP contribution in [0.4, 0.5) is 0 Å². The molecule has 0 heterocycles. The molecule has 0 radical (unpaired) electrons. The van der Waals surface area contributed by atoms with E-state index < -0.39 is 0 Å². The van der Waals surface area contributed by atoms with Crippen molar-refractivity contribution in [2.75, 3.05) is 0 Å². The number of hydrogen-bond acceptors (Lipinski definition) is 0. The van der Waals surface area contributed by atoms with E-state index in [0.29, 0.717) is 0 Å². The normalized spacial score (nSPS) is 9.12. The van der Waals surface area contributed by atoms with Crippen molar-refractivity contribution in [3.8, 4) is 0 Å². The van der Waals surface area contributed by atoms with Crippen LogP contribution in [0.5, 0.6) is 0 Å². The van der Waals surface area contributed by atoms with Crippen LogP contribution in [-0.2, 0) is 5.21 Å². The van der Waals surface area contributed by atoms with E-state index in [2.05, 4.69) is 24.3 Å². The first-order valence-corrected chi connectivity index (χ1v) is 4.39. The summed E-state index contributed by atoms with van der Waals surface area (Å²) in [5.41, 5.74) is 1.44. The molecule has 0 aromatic heterocycles. The molecule has 0 saturated heterocycles. The van der Waals surface area contributed by atoms with Gasteiger partial charge in [-0.05, 0) is 0 Å². The Morgan fingerprint density at radius 1 is 1.12 bits per heavy atom. The second kappa shape index (κ2) is 2.94. The molecule has 1 rings (SSSR count). The van der Waals surface area contributed by atoms with Crippen LogP contribution in [0.2, 0.25) is 0 Å². The molecule has 0 aliphatic carbocycles. The van der Waals surface area contributed by atoms with E-state index in [1.54, 1.807) is 16.9 Å². The van der Waals surface area contributed by atoms with Crippen molar-refractivity contribution < 1.29 is 0 Å². The predicted octanol–water partition coefficient (Wildman–Crippen LogP) is 0.820. The fourth-order valence-electron chi connectivity index (χ4n) is 0.614. The standard InChI is InChI=1S/C7H9As/c8-6-7-4-2-1-3-5-7/h1-5H,6,8H2. The van der Waals surface area contributed by atoms with Crippen LogP contribution in [0, 0.1) is 0 Å². The van der Waals surface area contributed by atoms with E-state index in [1.165, 1.54) is 10.8 Å². The maximum absolute atomic E-state index is 2.15. The molecule has 0 bridgehead atoms. The van der Waals surface area contributed by atoms with E-state index in [0.717, 1.165) is 0 Å². The van der Waals surface area contributed by atoms with Crippen LogP contribution in [0.3, 0.4) is 0 Å². The molecule has 0 nitrogen and oxygen atoms in total. The van der Waals surface area contributed by atoms with Crippen LogP contribution >= 0.6 is 0 Å². The third kappa shape index (κ3) is 1.38. The number of rotatable bonds is 1. The summed E-state index contributed by atoms with van der Waals surface area (Å²) in [6, 6.07) is 10.5. The molecular formula is C7H9As. The minimum absolute atomic E-state index is 1.20. The fraction of sp³-hybridized carbons (Fsp3) is 0.143. The van der Waals surface area contributed by atoms with Gasteiger partial charge in [0.05, 0.1) is 0 Å². The van der Waals surface area contributed by atoms with E-state index in [1.807, 2.05) is 6.07 Å². The monoisotopic (exact) mass is 168 g/mol. The molecule has 1 unspecified atom stereocenters. The summed E-state index contributed by atoms with van der Waals surface area (Å²) >= 11 is 1.76. The van der Waals surface area contributed by atoms with E-state index in [9.17, 15) is 0 Å². The molecule has 8 heavy (non-hydrogen) atoms. The molecule has 0 fully saturated rings. The summed E-state index contributed by atoms with van der Waals surface area (Å²) in [6.45, 7) is 0. The first-order valence-electron chi connectivity index (χ1n) is 2.67. The molecule has 42 valence electrons. The third-order valence-corrected chi connectivity index (χ3v) is 2.07. The minimum atomic E-state index is 1.20. The Balaban J connectivity index is 2.83. The molecule has 0 aliphatic heterocycles. The van der Waals surface area contributed by atoms with Gasteiger partial charge in [0, 0.05) is 0 Å². The second-order valence-corrected chi connectivity index (χ2v) is 2.55. The van der Waals surface area contributed by atoms with Gasteiger partial charge in [0.2, 0.25) is 0 Å². The summed E-state index contributed by atoms with van der Waals surface area (Å²) < 4.78 is 0. The Bertz CT molecular complexity index is 146. The fourth-order valence-corrected chi connectivity index (χ4v) is 1.19. The van der Waals surface area contributed by atoms with Crippen LogP contribution in [0.15, 0.2) is 30.3 Å². The van der Waals surface area contributed by atoms with E-state index in [4.69, 9.17) is 0 Å².